The van der Waals surface area contributed by atoms with Gasteiger partial charge in [-0.2, -0.15) is 5.10 Å². The molecule has 2 aromatic carbocycles. The molecule has 4 rings (SSSR count). The lowest BCUT2D eigenvalue weighted by Gasteiger charge is -2.09. The van der Waals surface area contributed by atoms with E-state index >= 15 is 0 Å². The number of nitrogens with zero attached hydrogens (tertiary/aromatic N) is 3. The summed E-state index contributed by atoms with van der Waals surface area (Å²) in [4.78, 5) is 28.9. The molecule has 0 bridgehead atoms. The summed E-state index contributed by atoms with van der Waals surface area (Å²) in [6.07, 6.45) is 1.75. The molecule has 0 radical (unpaired) electrons. The van der Waals surface area contributed by atoms with Gasteiger partial charge in [-0.25, -0.2) is 19.1 Å². The summed E-state index contributed by atoms with van der Waals surface area (Å²) in [5, 5.41) is 7.57. The summed E-state index contributed by atoms with van der Waals surface area (Å²) < 4.78 is 12.0. The average molecular weight is 444 g/mol. The molecular formula is C25H24N4O4. The van der Waals surface area contributed by atoms with E-state index in [1.54, 1.807) is 35.8 Å². The molecule has 4 aromatic rings. The largest absolute Gasteiger partial charge is 0.461 e. The van der Waals surface area contributed by atoms with Gasteiger partial charge in [0, 0.05) is 12.6 Å². The fourth-order valence-corrected chi connectivity index (χ4v) is 3.29. The Morgan fingerprint density at radius 1 is 0.970 bits per heavy atom. The SMILES string of the molecule is CCOC(=O)c1cc2c(NCc3ccc(C(=O)OCc4ccccc4)cc3)nc(C)cn2n1. The standard InChI is InChI=1S/C25H24N4O4/c1-3-32-25(31)21-13-22-23(27-17(2)15-29(22)28-21)26-14-18-9-11-20(12-10-18)24(30)33-16-19-7-5-4-6-8-19/h4-13,15H,3,14,16H2,1-2H3,(H,26,27). The fraction of sp³-hybridized carbons (Fsp3) is 0.200. The van der Waals surface area contributed by atoms with Crippen LogP contribution in [0.1, 0.15) is 44.6 Å². The molecule has 0 aliphatic rings. The first kappa shape index (κ1) is 22.0. The number of hydrogen-bond donors (Lipinski definition) is 1. The number of fused-ring (bicyclic) bond motifs is 1. The third kappa shape index (κ3) is 5.35. The van der Waals surface area contributed by atoms with Crippen molar-refractivity contribution in [3.63, 3.8) is 0 Å². The summed E-state index contributed by atoms with van der Waals surface area (Å²) in [5.74, 6) is -0.241. The number of nitrogens with one attached hydrogen (secondary N) is 1. The fourth-order valence-electron chi connectivity index (χ4n) is 3.29. The van der Waals surface area contributed by atoms with E-state index in [2.05, 4.69) is 15.4 Å². The van der Waals surface area contributed by atoms with Crippen LogP contribution in [-0.2, 0) is 22.6 Å². The highest BCUT2D eigenvalue weighted by atomic mass is 16.5. The molecule has 1 N–H and O–H groups in total. The van der Waals surface area contributed by atoms with Crippen molar-refractivity contribution in [2.75, 3.05) is 11.9 Å². The van der Waals surface area contributed by atoms with Crippen LogP contribution in [0.2, 0.25) is 0 Å². The van der Waals surface area contributed by atoms with Gasteiger partial charge >= 0.3 is 11.9 Å². The second-order valence-electron chi connectivity index (χ2n) is 7.42. The van der Waals surface area contributed by atoms with E-state index in [1.807, 2.05) is 49.4 Å². The second-order valence-corrected chi connectivity index (χ2v) is 7.42. The van der Waals surface area contributed by atoms with E-state index in [4.69, 9.17) is 9.47 Å². The van der Waals surface area contributed by atoms with Gasteiger partial charge < -0.3 is 14.8 Å². The van der Waals surface area contributed by atoms with Crippen molar-refractivity contribution in [3.05, 3.63) is 94.9 Å². The zero-order chi connectivity index (χ0) is 23.2. The third-order valence-electron chi connectivity index (χ3n) is 4.92. The molecule has 0 aliphatic carbocycles. The smallest absolute Gasteiger partial charge is 0.358 e. The minimum Gasteiger partial charge on any atom is -0.461 e. The van der Waals surface area contributed by atoms with Crippen molar-refractivity contribution >= 4 is 23.3 Å². The number of rotatable bonds is 8. The Morgan fingerprint density at radius 2 is 1.73 bits per heavy atom. The molecule has 0 saturated carbocycles. The molecule has 0 amide bonds. The van der Waals surface area contributed by atoms with Crippen LogP contribution in [0.4, 0.5) is 5.82 Å². The Bertz CT molecular complexity index is 1270. The Kier molecular flexibility index (Phi) is 6.64. The summed E-state index contributed by atoms with van der Waals surface area (Å²) in [5.41, 5.74) is 4.03. The van der Waals surface area contributed by atoms with E-state index in [0.717, 1.165) is 16.8 Å². The molecule has 2 aromatic heterocycles. The Morgan fingerprint density at radius 3 is 2.45 bits per heavy atom. The number of ether oxygens (including phenoxy) is 2. The van der Waals surface area contributed by atoms with E-state index in [1.165, 1.54) is 0 Å². The van der Waals surface area contributed by atoms with Gasteiger partial charge in [0.2, 0.25) is 0 Å². The molecule has 0 spiro atoms. The molecule has 8 heteroatoms. The summed E-state index contributed by atoms with van der Waals surface area (Å²) in [7, 11) is 0. The van der Waals surface area contributed by atoms with E-state index in [-0.39, 0.29) is 24.9 Å². The van der Waals surface area contributed by atoms with Gasteiger partial charge in [-0.15, -0.1) is 0 Å². The lowest BCUT2D eigenvalue weighted by Crippen LogP contribution is -2.07. The number of esters is 2. The molecule has 0 saturated heterocycles. The predicted octanol–water partition coefficient (Wildman–Crippen LogP) is 4.18. The zero-order valence-electron chi connectivity index (χ0n) is 18.4. The topological polar surface area (TPSA) is 94.8 Å². The average Bonchev–Trinajstić information content (AvgIpc) is 3.26. The van der Waals surface area contributed by atoms with Crippen molar-refractivity contribution in [3.8, 4) is 0 Å². The van der Waals surface area contributed by atoms with Gasteiger partial charge in [-0.3, -0.25) is 0 Å². The summed E-state index contributed by atoms with van der Waals surface area (Å²) in [6.45, 7) is 4.60. The summed E-state index contributed by atoms with van der Waals surface area (Å²) in [6, 6.07) is 18.4. The molecule has 8 nitrogen and oxygen atoms in total. The maximum Gasteiger partial charge on any atom is 0.358 e. The van der Waals surface area contributed by atoms with E-state index in [9.17, 15) is 9.59 Å². The first-order valence-corrected chi connectivity index (χ1v) is 10.6. The second kappa shape index (κ2) is 9.95. The quantitative estimate of drug-likeness (QED) is 0.407. The van der Waals surface area contributed by atoms with Gasteiger partial charge in [0.05, 0.1) is 24.1 Å². The van der Waals surface area contributed by atoms with Crippen LogP contribution in [-0.4, -0.2) is 33.1 Å². The Labute approximate surface area is 191 Å². The third-order valence-corrected chi connectivity index (χ3v) is 4.92. The maximum atomic E-state index is 12.3. The number of aryl methyl sites for hydroxylation is 1. The van der Waals surface area contributed by atoms with E-state index in [0.29, 0.717) is 23.4 Å². The summed E-state index contributed by atoms with van der Waals surface area (Å²) >= 11 is 0. The monoisotopic (exact) mass is 444 g/mol. The van der Waals surface area contributed by atoms with Crippen LogP contribution >= 0.6 is 0 Å². The molecule has 0 fully saturated rings. The molecule has 168 valence electrons. The van der Waals surface area contributed by atoms with Crippen molar-refractivity contribution in [1.82, 2.24) is 14.6 Å². The van der Waals surface area contributed by atoms with Gasteiger partial charge in [-0.05, 0) is 37.1 Å². The Hall–Kier alpha value is -4.20. The number of benzene rings is 2. The highest BCUT2D eigenvalue weighted by Gasteiger charge is 2.15. The number of carbonyl (C=O) groups is 2. The number of carbonyl (C=O) groups excluding carboxylic acids is 2. The highest BCUT2D eigenvalue weighted by Crippen LogP contribution is 2.19. The van der Waals surface area contributed by atoms with Gasteiger partial charge in [0.25, 0.3) is 0 Å². The van der Waals surface area contributed by atoms with Crippen molar-refractivity contribution in [1.29, 1.82) is 0 Å². The van der Waals surface area contributed by atoms with Crippen LogP contribution in [0.25, 0.3) is 5.52 Å². The number of aromatic nitrogens is 3. The number of hydrogen-bond acceptors (Lipinski definition) is 7. The van der Waals surface area contributed by atoms with Crippen LogP contribution in [0, 0.1) is 6.92 Å². The van der Waals surface area contributed by atoms with Gasteiger partial charge in [0.15, 0.2) is 11.5 Å². The minimum atomic E-state index is -0.473. The van der Waals surface area contributed by atoms with Crippen LogP contribution in [0.5, 0.6) is 0 Å². The molecule has 2 heterocycles. The van der Waals surface area contributed by atoms with Crippen molar-refractivity contribution < 1.29 is 19.1 Å². The molecule has 33 heavy (non-hydrogen) atoms. The van der Waals surface area contributed by atoms with Crippen LogP contribution in [0.3, 0.4) is 0 Å². The number of anilines is 1. The Balaban J connectivity index is 1.41. The first-order valence-electron chi connectivity index (χ1n) is 10.6. The minimum absolute atomic E-state index is 0.227. The normalized spacial score (nSPS) is 10.7. The van der Waals surface area contributed by atoms with Crippen LogP contribution < -0.4 is 5.32 Å². The highest BCUT2D eigenvalue weighted by molar-refractivity contribution is 5.90. The lowest BCUT2D eigenvalue weighted by molar-refractivity contribution is 0.0471. The molecule has 0 atom stereocenters. The molecule has 0 aliphatic heterocycles. The van der Waals surface area contributed by atoms with Crippen LogP contribution in [0.15, 0.2) is 66.9 Å². The van der Waals surface area contributed by atoms with Crippen molar-refractivity contribution in [2.45, 2.75) is 27.0 Å². The van der Waals surface area contributed by atoms with Gasteiger partial charge in [0.1, 0.15) is 12.1 Å². The molecular weight excluding hydrogens is 420 g/mol. The predicted molar refractivity (Wildman–Crippen MR) is 123 cm³/mol. The lowest BCUT2D eigenvalue weighted by atomic mass is 10.1. The van der Waals surface area contributed by atoms with E-state index < -0.39 is 5.97 Å². The zero-order valence-corrected chi connectivity index (χ0v) is 18.4. The van der Waals surface area contributed by atoms with Gasteiger partial charge in [-0.1, -0.05) is 42.5 Å². The maximum absolute atomic E-state index is 12.3. The van der Waals surface area contributed by atoms with Crippen molar-refractivity contribution in [2.24, 2.45) is 0 Å². The first-order chi connectivity index (χ1) is 16.0. The molecule has 0 unspecified atom stereocenters.